The van der Waals surface area contributed by atoms with Gasteiger partial charge in [0.25, 0.3) is 0 Å². The fourth-order valence-corrected chi connectivity index (χ4v) is 3.60. The van der Waals surface area contributed by atoms with Crippen LogP contribution in [0, 0.1) is 6.92 Å². The molecule has 0 atom stereocenters. The Labute approximate surface area is 135 Å². The van der Waals surface area contributed by atoms with Crippen LogP contribution < -0.4 is 0 Å². The van der Waals surface area contributed by atoms with E-state index in [1.165, 1.54) is 12.4 Å². The van der Waals surface area contributed by atoms with Crippen molar-refractivity contribution in [2.45, 2.75) is 6.92 Å². The van der Waals surface area contributed by atoms with Gasteiger partial charge in [0.05, 0.1) is 5.57 Å². The van der Waals surface area contributed by atoms with E-state index in [9.17, 15) is 8.63 Å². The molecule has 0 fully saturated rings. The normalized spacial score (nSPS) is 18.3. The van der Waals surface area contributed by atoms with Crippen molar-refractivity contribution in [3.05, 3.63) is 75.7 Å². The van der Waals surface area contributed by atoms with Crippen LogP contribution in [-0.4, -0.2) is 22.1 Å². The van der Waals surface area contributed by atoms with E-state index in [4.69, 9.17) is 0 Å². The topological polar surface area (TPSA) is 7.94 Å². The van der Waals surface area contributed by atoms with E-state index in [1.807, 2.05) is 25.1 Å². The highest BCUT2D eigenvalue weighted by Gasteiger charge is 2.51. The van der Waals surface area contributed by atoms with Crippen LogP contribution in [0.15, 0.2) is 58.9 Å². The van der Waals surface area contributed by atoms with Crippen LogP contribution in [0.2, 0.25) is 0 Å². The fraction of sp³-hybridized carbons (Fsp3) is 0.0625. The van der Waals surface area contributed by atoms with Gasteiger partial charge in [-0.2, -0.15) is 0 Å². The van der Waals surface area contributed by atoms with Crippen molar-refractivity contribution in [3.63, 3.8) is 0 Å². The molecule has 0 spiro atoms. The summed E-state index contributed by atoms with van der Waals surface area (Å²) in [4.78, 5) is 0. The Bertz CT molecular complexity index is 893. The van der Waals surface area contributed by atoms with E-state index in [0.29, 0.717) is 11.4 Å². The predicted molar refractivity (Wildman–Crippen MR) is 88.2 cm³/mol. The van der Waals surface area contributed by atoms with Gasteiger partial charge in [0.1, 0.15) is 6.21 Å². The highest BCUT2D eigenvalue weighted by molar-refractivity contribution is 9.10. The quantitative estimate of drug-likeness (QED) is 0.673. The molecule has 1 aromatic carbocycles. The lowest BCUT2D eigenvalue weighted by molar-refractivity contribution is -0.356. The Balaban J connectivity index is 2.09. The Kier molecular flexibility index (Phi) is 2.82. The summed E-state index contributed by atoms with van der Waals surface area (Å²) in [6, 6.07) is 9.31. The number of hydrogen-bond donors (Lipinski definition) is 0. The number of allylic oxidation sites excluding steroid dienone is 2. The maximum Gasteiger partial charge on any atom is 0.737 e. The van der Waals surface area contributed by atoms with Crippen molar-refractivity contribution < 1.29 is 13.1 Å². The minimum Gasteiger partial charge on any atom is -0.396 e. The minimum atomic E-state index is -3.84. The van der Waals surface area contributed by atoms with Crippen molar-refractivity contribution in [2.75, 3.05) is 0 Å². The summed E-state index contributed by atoms with van der Waals surface area (Å²) in [6.45, 7) is -1.84. The first-order valence-corrected chi connectivity index (χ1v) is 7.80. The van der Waals surface area contributed by atoms with Crippen LogP contribution in [0.3, 0.4) is 0 Å². The molecule has 22 heavy (non-hydrogen) atoms. The summed E-state index contributed by atoms with van der Waals surface area (Å²) in [5, 5.41) is 0. The molecule has 1 aromatic heterocycles. The maximum absolute atomic E-state index is 14.7. The number of hydrogen-bond acceptors (Lipinski definition) is 0. The van der Waals surface area contributed by atoms with Crippen LogP contribution in [0.1, 0.15) is 16.8 Å². The van der Waals surface area contributed by atoms with E-state index in [1.54, 1.807) is 24.3 Å². The largest absolute Gasteiger partial charge is 0.737 e. The van der Waals surface area contributed by atoms with E-state index in [0.717, 1.165) is 30.1 Å². The highest BCUT2D eigenvalue weighted by atomic mass is 79.9. The lowest BCUT2D eigenvalue weighted by Crippen LogP contribution is -2.49. The molecule has 2 aliphatic rings. The van der Waals surface area contributed by atoms with Crippen LogP contribution in [0.5, 0.6) is 0 Å². The monoisotopic (exact) mass is 360 g/mol. The Hall–Kier alpha value is -1.95. The van der Waals surface area contributed by atoms with Gasteiger partial charge in [0, 0.05) is 27.9 Å². The molecule has 0 radical (unpaired) electrons. The molecule has 0 saturated heterocycles. The number of halogens is 3. The van der Waals surface area contributed by atoms with E-state index in [2.05, 4.69) is 15.9 Å². The second kappa shape index (κ2) is 4.52. The van der Waals surface area contributed by atoms with Crippen molar-refractivity contribution in [3.8, 4) is 0 Å². The zero-order valence-electron chi connectivity index (χ0n) is 11.8. The molecular formula is C16H12BBrF2N2. The molecule has 2 aromatic rings. The van der Waals surface area contributed by atoms with Crippen LogP contribution in [-0.2, 0) is 0 Å². The van der Waals surface area contributed by atoms with E-state index < -0.39 is 6.97 Å². The number of rotatable bonds is 1. The van der Waals surface area contributed by atoms with Crippen LogP contribution >= 0.6 is 15.9 Å². The standard InChI is InChI=1S/C16H12BBrF2N2/c1-11-5-2-6-12(16(11)18)15-13-7-3-9-21(13)17(19,20)22-10-4-8-14(15)22/h2-10H,1H3. The van der Waals surface area contributed by atoms with Gasteiger partial charge in [-0.3, -0.25) is 0 Å². The first-order valence-electron chi connectivity index (χ1n) is 7.01. The van der Waals surface area contributed by atoms with Gasteiger partial charge < -0.3 is 17.6 Å². The average Bonchev–Trinajstić information content (AvgIpc) is 3.13. The summed E-state index contributed by atoms with van der Waals surface area (Å²) in [7, 11) is 0. The van der Waals surface area contributed by atoms with Gasteiger partial charge in [-0.25, -0.2) is 0 Å². The van der Waals surface area contributed by atoms with Crippen molar-refractivity contribution >= 4 is 34.7 Å². The second-order valence-electron chi connectivity index (χ2n) is 5.50. The Morgan fingerprint density at radius 3 is 2.82 bits per heavy atom. The third-order valence-electron chi connectivity index (χ3n) is 4.20. The molecule has 0 N–H and O–H groups in total. The van der Waals surface area contributed by atoms with Crippen LogP contribution in [0.4, 0.5) is 8.63 Å². The minimum absolute atomic E-state index is 0.544. The third-order valence-corrected chi connectivity index (χ3v) is 5.25. The summed E-state index contributed by atoms with van der Waals surface area (Å²) in [5.74, 6) is 0. The molecule has 4 rings (SSSR count). The molecule has 2 aliphatic heterocycles. The van der Waals surface area contributed by atoms with Gasteiger partial charge in [0.15, 0.2) is 5.70 Å². The van der Waals surface area contributed by atoms with Crippen molar-refractivity contribution in [2.24, 2.45) is 0 Å². The van der Waals surface area contributed by atoms with Crippen LogP contribution in [0.25, 0.3) is 5.57 Å². The second-order valence-corrected chi connectivity index (χ2v) is 6.29. The number of nitrogens with zero attached hydrogens (tertiary/aromatic N) is 2. The average molecular weight is 361 g/mol. The summed E-state index contributed by atoms with van der Waals surface area (Å²) in [6.07, 6.45) is 6.31. The van der Waals surface area contributed by atoms with Crippen molar-refractivity contribution in [1.29, 1.82) is 0 Å². The highest BCUT2D eigenvalue weighted by Crippen LogP contribution is 2.41. The zero-order valence-corrected chi connectivity index (χ0v) is 13.4. The molecule has 0 unspecified atom stereocenters. The number of aryl methyl sites for hydroxylation is 1. The molecule has 110 valence electrons. The van der Waals surface area contributed by atoms with Gasteiger partial charge in [-0.1, -0.05) is 18.2 Å². The Morgan fingerprint density at radius 1 is 1.18 bits per heavy atom. The van der Waals surface area contributed by atoms with Gasteiger partial charge in [-0.15, -0.1) is 0 Å². The molecular weight excluding hydrogens is 349 g/mol. The predicted octanol–water partition coefficient (Wildman–Crippen LogP) is 4.21. The van der Waals surface area contributed by atoms with Crippen molar-refractivity contribution in [1.82, 2.24) is 4.48 Å². The van der Waals surface area contributed by atoms with Gasteiger partial charge >= 0.3 is 6.97 Å². The molecule has 0 amide bonds. The summed E-state index contributed by atoms with van der Waals surface area (Å²) < 4.78 is 32.5. The molecule has 0 aliphatic carbocycles. The lowest BCUT2D eigenvalue weighted by Gasteiger charge is -2.31. The first kappa shape index (κ1) is 13.7. The number of benzene rings is 1. The molecule has 0 bridgehead atoms. The SMILES string of the molecule is Cc1cccc(C2=C3C=CC=[N+]3[B-](F)(F)n3cccc32)c1Br. The van der Waals surface area contributed by atoms with Gasteiger partial charge in [0.2, 0.25) is 0 Å². The first-order chi connectivity index (χ1) is 10.5. The number of aromatic nitrogens is 1. The lowest BCUT2D eigenvalue weighted by atomic mass is 9.86. The summed E-state index contributed by atoms with van der Waals surface area (Å²) >= 11 is 3.60. The molecule has 0 saturated carbocycles. The zero-order chi connectivity index (χ0) is 15.5. The third kappa shape index (κ3) is 1.67. The number of fused-ring (bicyclic) bond motifs is 2. The molecule has 6 heteroatoms. The Morgan fingerprint density at radius 2 is 2.00 bits per heavy atom. The molecule has 3 heterocycles. The molecule has 2 nitrogen and oxygen atoms in total. The van der Waals surface area contributed by atoms with E-state index in [-0.39, 0.29) is 0 Å². The maximum atomic E-state index is 14.7. The summed E-state index contributed by atoms with van der Waals surface area (Å²) in [5.41, 5.74) is 3.90. The van der Waals surface area contributed by atoms with Gasteiger partial charge in [-0.05, 0) is 46.7 Å². The smallest absolute Gasteiger partial charge is 0.396 e. The van der Waals surface area contributed by atoms with E-state index >= 15 is 0 Å². The fourth-order valence-electron chi connectivity index (χ4n) is 3.13.